The number of benzene rings is 2. The molecule has 1 saturated heterocycles. The monoisotopic (exact) mass is 537 g/mol. The van der Waals surface area contributed by atoms with Crippen LogP contribution in [-0.4, -0.2) is 75.3 Å². The van der Waals surface area contributed by atoms with Crippen LogP contribution >= 0.6 is 0 Å². The van der Waals surface area contributed by atoms with Crippen LogP contribution in [0.5, 0.6) is 0 Å². The molecule has 4 amide bonds. The zero-order valence-corrected chi connectivity index (χ0v) is 20.9. The maximum Gasteiger partial charge on any atom is 0.414 e. The molecule has 3 rings (SSSR count). The molecular weight excluding hydrogens is 507 g/mol. The van der Waals surface area contributed by atoms with E-state index < -0.39 is 36.4 Å². The first kappa shape index (κ1) is 28.4. The number of nitrogens with one attached hydrogen (secondary N) is 3. The van der Waals surface area contributed by atoms with Gasteiger partial charge in [-0.3, -0.25) is 14.7 Å². The number of anilines is 4. The van der Waals surface area contributed by atoms with Crippen LogP contribution < -0.4 is 31.6 Å². The van der Waals surface area contributed by atoms with E-state index in [-0.39, 0.29) is 31.0 Å². The Morgan fingerprint density at radius 2 is 1.89 bits per heavy atom. The largest absolute Gasteiger partial charge is 0.442 e. The second kappa shape index (κ2) is 12.9. The summed E-state index contributed by atoms with van der Waals surface area (Å²) in [5.41, 5.74) is 10.1. The highest BCUT2D eigenvalue weighted by Crippen LogP contribution is 2.28. The first-order chi connectivity index (χ1) is 18.1. The minimum Gasteiger partial charge on any atom is -0.442 e. The topological polar surface area (TPSA) is 132 Å². The predicted octanol–water partition coefficient (Wildman–Crippen LogP) is 2.61. The van der Waals surface area contributed by atoms with Crippen molar-refractivity contribution in [1.29, 1.82) is 0 Å². The summed E-state index contributed by atoms with van der Waals surface area (Å²) in [7, 11) is 1.59. The lowest BCUT2D eigenvalue weighted by Gasteiger charge is -2.28. The molecule has 1 heterocycles. The first-order valence-corrected chi connectivity index (χ1v) is 11.8. The highest BCUT2D eigenvalue weighted by atomic mass is 19.3. The fourth-order valence-electron chi connectivity index (χ4n) is 3.79. The van der Waals surface area contributed by atoms with E-state index in [2.05, 4.69) is 10.7 Å². The number of nitrogens with zero attached hydrogens (tertiary/aromatic N) is 3. The summed E-state index contributed by atoms with van der Waals surface area (Å²) < 4.78 is 44.9. The normalized spacial score (nSPS) is 14.8. The number of alkyl halides is 2. The number of carbonyl (C=O) groups excluding carboxylic acids is 3. The number of nitrogens with two attached hydrogens (primary N) is 1. The smallest absolute Gasteiger partial charge is 0.414 e. The van der Waals surface area contributed by atoms with E-state index in [4.69, 9.17) is 10.5 Å². The van der Waals surface area contributed by atoms with Gasteiger partial charge in [0.15, 0.2) is 0 Å². The van der Waals surface area contributed by atoms with Crippen LogP contribution in [-0.2, 0) is 9.53 Å². The molecule has 2 aromatic carbocycles. The Hall–Kier alpha value is -4.20. The second-order valence-corrected chi connectivity index (χ2v) is 8.31. The van der Waals surface area contributed by atoms with Gasteiger partial charge in [-0.25, -0.2) is 19.4 Å². The molecule has 5 N–H and O–H groups in total. The van der Waals surface area contributed by atoms with Gasteiger partial charge in [-0.15, -0.1) is 0 Å². The lowest BCUT2D eigenvalue weighted by molar-refractivity contribution is -0.132. The van der Waals surface area contributed by atoms with Crippen molar-refractivity contribution in [2.24, 2.45) is 0 Å². The van der Waals surface area contributed by atoms with Gasteiger partial charge in [-0.1, -0.05) is 0 Å². The van der Waals surface area contributed by atoms with Crippen LogP contribution in [0.25, 0.3) is 0 Å². The molecule has 0 spiro atoms. The molecule has 0 bridgehead atoms. The number of likely N-dealkylation sites (N-methyl/N-ethyl adjacent to an activating group) is 1. The number of cyclic esters (lactones) is 1. The number of rotatable bonds is 11. The number of nitrogen functional groups attached to an aromatic ring is 1. The molecule has 206 valence electrons. The maximum atomic E-state index is 15.1. The van der Waals surface area contributed by atoms with Crippen molar-refractivity contribution in [2.75, 3.05) is 60.6 Å². The summed E-state index contributed by atoms with van der Waals surface area (Å²) in [4.78, 5) is 38.8. The first-order valence-electron chi connectivity index (χ1n) is 11.8. The molecule has 11 nitrogen and oxygen atoms in total. The molecule has 0 aromatic heterocycles. The number of hydrogen-bond acceptors (Lipinski definition) is 7. The molecular formula is C24H30F3N7O4. The Morgan fingerprint density at radius 1 is 1.18 bits per heavy atom. The fraction of sp³-hybridized carbons (Fsp3) is 0.375. The lowest BCUT2D eigenvalue weighted by Crippen LogP contribution is -2.47. The van der Waals surface area contributed by atoms with Gasteiger partial charge in [0.1, 0.15) is 11.9 Å². The molecule has 0 aliphatic carbocycles. The lowest BCUT2D eigenvalue weighted by atomic mass is 10.2. The number of carbonyl (C=O) groups is 3. The second-order valence-electron chi connectivity index (χ2n) is 8.31. The van der Waals surface area contributed by atoms with Gasteiger partial charge in [0.25, 0.3) is 5.91 Å². The van der Waals surface area contributed by atoms with E-state index in [0.717, 1.165) is 4.90 Å². The molecule has 0 unspecified atom stereocenters. The Labute approximate surface area is 217 Å². The highest BCUT2D eigenvalue weighted by Gasteiger charge is 2.33. The van der Waals surface area contributed by atoms with Crippen LogP contribution in [0, 0.1) is 5.82 Å². The predicted molar refractivity (Wildman–Crippen MR) is 137 cm³/mol. The molecule has 14 heteroatoms. The maximum absolute atomic E-state index is 15.1. The number of hydrazine groups is 1. The van der Waals surface area contributed by atoms with E-state index in [9.17, 15) is 23.2 Å². The zero-order valence-electron chi connectivity index (χ0n) is 20.9. The summed E-state index contributed by atoms with van der Waals surface area (Å²) in [5, 5.41) is 6.09. The van der Waals surface area contributed by atoms with Gasteiger partial charge >= 0.3 is 18.5 Å². The summed E-state index contributed by atoms with van der Waals surface area (Å²) in [5.74, 6) is -2.07. The summed E-state index contributed by atoms with van der Waals surface area (Å²) >= 11 is 0. The van der Waals surface area contributed by atoms with E-state index in [1.54, 1.807) is 36.2 Å². The molecule has 38 heavy (non-hydrogen) atoms. The molecule has 0 radical (unpaired) electrons. The van der Waals surface area contributed by atoms with Gasteiger partial charge < -0.3 is 26.0 Å². The van der Waals surface area contributed by atoms with Crippen LogP contribution in [0.4, 0.5) is 45.5 Å². The van der Waals surface area contributed by atoms with Crippen LogP contribution in [0.2, 0.25) is 0 Å². The Kier molecular flexibility index (Phi) is 9.60. The quantitative estimate of drug-likeness (QED) is 0.256. The Bertz CT molecular complexity index is 1140. The molecule has 1 aliphatic rings. The average molecular weight is 538 g/mol. The number of amides is 4. The van der Waals surface area contributed by atoms with Gasteiger partial charge in [0.05, 0.1) is 31.0 Å². The third-order valence-electron chi connectivity index (χ3n) is 5.81. The third kappa shape index (κ3) is 7.18. The Morgan fingerprint density at radius 3 is 2.50 bits per heavy atom. The summed E-state index contributed by atoms with van der Waals surface area (Å²) in [6.45, 7) is 2.45. The molecule has 2 aromatic rings. The van der Waals surface area contributed by atoms with Crippen molar-refractivity contribution in [3.05, 3.63) is 48.3 Å². The third-order valence-corrected chi connectivity index (χ3v) is 5.81. The van der Waals surface area contributed by atoms with Gasteiger partial charge in [0, 0.05) is 31.5 Å². The van der Waals surface area contributed by atoms with Crippen molar-refractivity contribution in [2.45, 2.75) is 19.5 Å². The minimum atomic E-state index is -3.18. The van der Waals surface area contributed by atoms with E-state index in [1.165, 1.54) is 23.2 Å². The van der Waals surface area contributed by atoms with Crippen LogP contribution in [0.15, 0.2) is 42.5 Å². The van der Waals surface area contributed by atoms with Crippen molar-refractivity contribution in [1.82, 2.24) is 15.8 Å². The minimum absolute atomic E-state index is 0.0428. The highest BCUT2D eigenvalue weighted by molar-refractivity contribution is 5.90. The van der Waals surface area contributed by atoms with E-state index >= 15 is 4.39 Å². The van der Waals surface area contributed by atoms with Gasteiger partial charge in [-0.05, 0) is 49.4 Å². The van der Waals surface area contributed by atoms with Crippen molar-refractivity contribution in [3.63, 3.8) is 0 Å². The van der Waals surface area contributed by atoms with E-state index in [0.29, 0.717) is 24.5 Å². The van der Waals surface area contributed by atoms with Crippen molar-refractivity contribution < 1.29 is 32.3 Å². The van der Waals surface area contributed by atoms with Crippen molar-refractivity contribution in [3.8, 4) is 0 Å². The van der Waals surface area contributed by atoms with Gasteiger partial charge in [0.2, 0.25) is 0 Å². The zero-order chi connectivity index (χ0) is 27.8. The number of hydrogen-bond donors (Lipinski definition) is 4. The molecule has 1 aliphatic heterocycles. The van der Waals surface area contributed by atoms with E-state index in [1.807, 2.05) is 12.2 Å². The number of halogens is 3. The average Bonchev–Trinajstić information content (AvgIpc) is 3.27. The number of urea groups is 1. The SMILES string of the molecule is CCN(CCN(NC)C(=O)Nc1ccc(N)cc1)c1ccc(N2C[C@H](CNC(=O)C(F)F)OC2=O)cc1F. The molecule has 0 saturated carbocycles. The standard InChI is InChI=1S/C24H30F3N7O4/c1-3-32(10-11-34(29-2)23(36)31-16-6-4-15(28)5-7-16)20-9-8-17(12-19(20)25)33-14-18(38-24(33)37)13-30-22(35)21(26)27/h4-9,12,18,21,29H,3,10-11,13-14,28H2,1-2H3,(H,30,35)(H,31,36)/t18-/m0/s1. The van der Waals surface area contributed by atoms with Crippen LogP contribution in [0.1, 0.15) is 6.92 Å². The molecule has 1 atom stereocenters. The van der Waals surface area contributed by atoms with Crippen molar-refractivity contribution >= 4 is 40.8 Å². The summed E-state index contributed by atoms with van der Waals surface area (Å²) in [6, 6.07) is 10.5. The van der Waals surface area contributed by atoms with Gasteiger partial charge in [-0.2, -0.15) is 8.78 Å². The Balaban J connectivity index is 1.60. The fourth-order valence-corrected chi connectivity index (χ4v) is 3.79. The molecule has 1 fully saturated rings. The van der Waals surface area contributed by atoms with Crippen LogP contribution in [0.3, 0.4) is 0 Å². The summed E-state index contributed by atoms with van der Waals surface area (Å²) in [6.07, 6.45) is -4.81. The number of ether oxygens (including phenoxy) is 1.